The fraction of sp³-hybridized carbons (Fsp3) is 0.889. The minimum absolute atomic E-state index is 0.806. The number of aliphatic imine (C=N–C) groups is 1. The van der Waals surface area contributed by atoms with Gasteiger partial charge in [-0.3, -0.25) is 10.4 Å². The van der Waals surface area contributed by atoms with Gasteiger partial charge >= 0.3 is 0 Å². The molecule has 80 valence electrons. The third-order valence-corrected chi connectivity index (χ3v) is 2.42. The first kappa shape index (κ1) is 9.73. The van der Waals surface area contributed by atoms with Crippen LogP contribution in [-0.4, -0.2) is 50.4 Å². The highest BCUT2D eigenvalue weighted by Crippen LogP contribution is 1.95. The Labute approximate surface area is 84.5 Å². The zero-order valence-corrected chi connectivity index (χ0v) is 8.46. The number of hydrazine groups is 1. The van der Waals surface area contributed by atoms with Crippen molar-refractivity contribution < 1.29 is 4.74 Å². The summed E-state index contributed by atoms with van der Waals surface area (Å²) in [5, 5.41) is 5.44. The van der Waals surface area contributed by atoms with Crippen molar-refractivity contribution in [1.82, 2.24) is 15.8 Å². The maximum Gasteiger partial charge on any atom is 0.206 e. The Bertz CT molecular complexity index is 201. The van der Waals surface area contributed by atoms with Crippen LogP contribution in [0.3, 0.4) is 0 Å². The van der Waals surface area contributed by atoms with Gasteiger partial charge in [0.2, 0.25) is 5.96 Å². The summed E-state index contributed by atoms with van der Waals surface area (Å²) < 4.78 is 5.27. The zero-order valence-electron chi connectivity index (χ0n) is 8.46. The highest BCUT2D eigenvalue weighted by Gasteiger charge is 2.12. The van der Waals surface area contributed by atoms with E-state index in [1.54, 1.807) is 0 Å². The van der Waals surface area contributed by atoms with E-state index in [2.05, 4.69) is 20.7 Å². The van der Waals surface area contributed by atoms with Crippen LogP contribution in [0.25, 0.3) is 0 Å². The second-order valence-electron chi connectivity index (χ2n) is 3.58. The lowest BCUT2D eigenvalue weighted by Gasteiger charge is -2.28. The summed E-state index contributed by atoms with van der Waals surface area (Å²) in [4.78, 5) is 4.43. The SMILES string of the molecule is C1CCNC(NN2CCOCC2)=NC1. The van der Waals surface area contributed by atoms with E-state index in [1.165, 1.54) is 12.8 Å². The second-order valence-corrected chi connectivity index (χ2v) is 3.58. The van der Waals surface area contributed by atoms with Gasteiger partial charge in [-0.15, -0.1) is 0 Å². The number of morpholine rings is 1. The Morgan fingerprint density at radius 1 is 1.29 bits per heavy atom. The van der Waals surface area contributed by atoms with E-state index in [0.717, 1.165) is 45.4 Å². The lowest BCUT2D eigenvalue weighted by molar-refractivity contribution is 0.0242. The minimum atomic E-state index is 0.806. The maximum absolute atomic E-state index is 5.27. The predicted molar refractivity (Wildman–Crippen MR) is 55.1 cm³/mol. The van der Waals surface area contributed by atoms with Crippen LogP contribution in [-0.2, 0) is 4.74 Å². The summed E-state index contributed by atoms with van der Waals surface area (Å²) in [6.45, 7) is 5.43. The molecule has 1 saturated heterocycles. The molecule has 0 saturated carbocycles. The Morgan fingerprint density at radius 2 is 2.14 bits per heavy atom. The van der Waals surface area contributed by atoms with E-state index < -0.39 is 0 Å². The van der Waals surface area contributed by atoms with Gasteiger partial charge in [0.05, 0.1) is 13.2 Å². The highest BCUT2D eigenvalue weighted by molar-refractivity contribution is 5.79. The van der Waals surface area contributed by atoms with Crippen LogP contribution in [0, 0.1) is 0 Å². The van der Waals surface area contributed by atoms with E-state index in [1.807, 2.05) is 0 Å². The minimum Gasteiger partial charge on any atom is -0.379 e. The number of hydrogen-bond acceptors (Lipinski definition) is 5. The Kier molecular flexibility index (Phi) is 3.59. The first-order chi connectivity index (χ1) is 6.95. The lowest BCUT2D eigenvalue weighted by Crippen LogP contribution is -2.52. The Morgan fingerprint density at radius 3 is 3.00 bits per heavy atom. The van der Waals surface area contributed by atoms with Crippen molar-refractivity contribution in [2.45, 2.75) is 12.8 Å². The second kappa shape index (κ2) is 5.17. The van der Waals surface area contributed by atoms with Crippen LogP contribution in [0.5, 0.6) is 0 Å². The van der Waals surface area contributed by atoms with Gasteiger partial charge in [-0.2, -0.15) is 0 Å². The molecule has 1 fully saturated rings. The molecule has 0 atom stereocenters. The number of rotatable bonds is 1. The van der Waals surface area contributed by atoms with E-state index in [4.69, 9.17) is 4.74 Å². The molecule has 0 aromatic rings. The Balaban J connectivity index is 1.79. The molecule has 5 nitrogen and oxygen atoms in total. The highest BCUT2D eigenvalue weighted by atomic mass is 16.5. The molecule has 2 heterocycles. The molecule has 14 heavy (non-hydrogen) atoms. The van der Waals surface area contributed by atoms with Gasteiger partial charge in [0.25, 0.3) is 0 Å². The molecule has 0 aromatic carbocycles. The van der Waals surface area contributed by atoms with E-state index in [9.17, 15) is 0 Å². The van der Waals surface area contributed by atoms with Gasteiger partial charge in [-0.25, -0.2) is 5.01 Å². The monoisotopic (exact) mass is 198 g/mol. The van der Waals surface area contributed by atoms with Crippen molar-refractivity contribution in [3.63, 3.8) is 0 Å². The third-order valence-electron chi connectivity index (χ3n) is 2.42. The van der Waals surface area contributed by atoms with Crippen LogP contribution in [0.2, 0.25) is 0 Å². The molecule has 5 heteroatoms. The van der Waals surface area contributed by atoms with E-state index in [0.29, 0.717) is 0 Å². The summed E-state index contributed by atoms with van der Waals surface area (Å²) in [5.74, 6) is 0.921. The molecule has 0 aliphatic carbocycles. The third kappa shape index (κ3) is 2.85. The van der Waals surface area contributed by atoms with Crippen molar-refractivity contribution in [3.05, 3.63) is 0 Å². The largest absolute Gasteiger partial charge is 0.379 e. The van der Waals surface area contributed by atoms with Gasteiger partial charge in [0.1, 0.15) is 0 Å². The molecule has 0 aromatic heterocycles. The average molecular weight is 198 g/mol. The van der Waals surface area contributed by atoms with Gasteiger partial charge in [0.15, 0.2) is 0 Å². The van der Waals surface area contributed by atoms with Gasteiger partial charge < -0.3 is 10.1 Å². The number of hydrogen-bond donors (Lipinski definition) is 2. The summed E-state index contributed by atoms with van der Waals surface area (Å²) >= 11 is 0. The van der Waals surface area contributed by atoms with E-state index in [-0.39, 0.29) is 0 Å². The summed E-state index contributed by atoms with van der Waals surface area (Å²) in [6, 6.07) is 0. The fourth-order valence-corrected chi connectivity index (χ4v) is 1.59. The number of nitrogens with zero attached hydrogens (tertiary/aromatic N) is 2. The summed E-state index contributed by atoms with van der Waals surface area (Å²) in [5.41, 5.74) is 3.29. The Hall–Kier alpha value is -0.810. The van der Waals surface area contributed by atoms with Crippen molar-refractivity contribution in [2.75, 3.05) is 39.4 Å². The molecular formula is C9H18N4O. The summed E-state index contributed by atoms with van der Waals surface area (Å²) in [6.07, 6.45) is 2.39. The topological polar surface area (TPSA) is 48.9 Å². The first-order valence-electron chi connectivity index (χ1n) is 5.33. The number of guanidine groups is 1. The van der Waals surface area contributed by atoms with Crippen molar-refractivity contribution in [3.8, 4) is 0 Å². The van der Waals surface area contributed by atoms with Crippen LogP contribution >= 0.6 is 0 Å². The maximum atomic E-state index is 5.27. The van der Waals surface area contributed by atoms with Gasteiger partial charge in [-0.05, 0) is 12.8 Å². The zero-order chi connectivity index (χ0) is 9.64. The smallest absolute Gasteiger partial charge is 0.206 e. The first-order valence-corrected chi connectivity index (χ1v) is 5.33. The molecule has 0 bridgehead atoms. The molecule has 0 unspecified atom stereocenters. The molecule has 2 N–H and O–H groups in total. The quantitative estimate of drug-likeness (QED) is 0.600. The molecular weight excluding hydrogens is 180 g/mol. The predicted octanol–water partition coefficient (Wildman–Crippen LogP) is -0.437. The molecule has 2 rings (SSSR count). The molecule has 2 aliphatic rings. The van der Waals surface area contributed by atoms with Crippen molar-refractivity contribution >= 4 is 5.96 Å². The molecule has 0 spiro atoms. The number of ether oxygens (including phenoxy) is 1. The van der Waals surface area contributed by atoms with Crippen LogP contribution < -0.4 is 10.7 Å². The number of nitrogens with one attached hydrogen (secondary N) is 2. The van der Waals surface area contributed by atoms with Crippen molar-refractivity contribution in [2.24, 2.45) is 4.99 Å². The standard InChI is InChI=1S/C9H18N4O/c1-2-4-11-9(10-3-1)12-13-5-7-14-8-6-13/h1-8H2,(H2,10,11,12). The van der Waals surface area contributed by atoms with Crippen LogP contribution in [0.1, 0.15) is 12.8 Å². The van der Waals surface area contributed by atoms with Gasteiger partial charge in [-0.1, -0.05) is 0 Å². The van der Waals surface area contributed by atoms with Crippen LogP contribution in [0.4, 0.5) is 0 Å². The molecule has 0 radical (unpaired) electrons. The van der Waals surface area contributed by atoms with Gasteiger partial charge in [0, 0.05) is 26.2 Å². The average Bonchev–Trinajstić information content (AvgIpc) is 2.48. The summed E-state index contributed by atoms with van der Waals surface area (Å²) in [7, 11) is 0. The molecule has 2 aliphatic heterocycles. The fourth-order valence-electron chi connectivity index (χ4n) is 1.59. The molecule has 0 amide bonds. The lowest BCUT2D eigenvalue weighted by atomic mass is 10.3. The van der Waals surface area contributed by atoms with Crippen molar-refractivity contribution in [1.29, 1.82) is 0 Å². The van der Waals surface area contributed by atoms with E-state index >= 15 is 0 Å². The van der Waals surface area contributed by atoms with Crippen LogP contribution in [0.15, 0.2) is 4.99 Å². The normalized spacial score (nSPS) is 24.7.